The van der Waals surface area contributed by atoms with E-state index in [1.807, 2.05) is 25.7 Å². The molecule has 0 aliphatic carbocycles. The number of nitrogens with zero attached hydrogens (tertiary/aromatic N) is 5. The van der Waals surface area contributed by atoms with Crippen LogP contribution in [0.25, 0.3) is 10.4 Å². The van der Waals surface area contributed by atoms with Crippen LogP contribution in [0.2, 0.25) is 0 Å². The number of hydrogen-bond acceptors (Lipinski definition) is 21. The molecular formula is C57H89N6O23S4+. The normalized spacial score (nSPS) is 16.4. The third-order valence-electron chi connectivity index (χ3n) is 14.1. The molecule has 1 atom stereocenters. The number of anilines is 1. The summed E-state index contributed by atoms with van der Waals surface area (Å²) < 4.78 is 192. The summed E-state index contributed by atoms with van der Waals surface area (Å²) in [5, 5.41) is 6.22. The Kier molecular flexibility index (Phi) is 34.7. The molecule has 0 saturated carbocycles. The minimum absolute atomic E-state index is 0.0170. The molecule has 0 bridgehead atoms. The number of ether oxygens (including phenoxy) is 10. The number of carbonyl (C=O) groups is 1. The highest BCUT2D eigenvalue weighted by Crippen LogP contribution is 2.51. The second-order valence-electron chi connectivity index (χ2n) is 21.2. The zero-order chi connectivity index (χ0) is 65.9. The Hall–Kier alpha value is -4.85. The van der Waals surface area contributed by atoms with Crippen LogP contribution in [0, 0.1) is 0 Å². The van der Waals surface area contributed by atoms with Crippen LogP contribution >= 0.6 is 0 Å². The minimum atomic E-state index is -4.66. The lowest BCUT2D eigenvalue weighted by molar-refractivity contribution is -0.437. The van der Waals surface area contributed by atoms with Crippen molar-refractivity contribution in [2.75, 3.05) is 175 Å². The van der Waals surface area contributed by atoms with Gasteiger partial charge in [-0.25, -0.2) is 0 Å². The fourth-order valence-corrected chi connectivity index (χ4v) is 11.8. The molecule has 2 aromatic rings. The molecule has 0 saturated heterocycles. The van der Waals surface area contributed by atoms with Crippen LogP contribution in [0.15, 0.2) is 87.4 Å². The molecule has 1 amide bonds. The lowest BCUT2D eigenvalue weighted by atomic mass is 9.77. The van der Waals surface area contributed by atoms with Gasteiger partial charge in [0.05, 0.1) is 159 Å². The van der Waals surface area contributed by atoms with Crippen molar-refractivity contribution >= 4 is 63.5 Å². The van der Waals surface area contributed by atoms with Crippen molar-refractivity contribution in [3.63, 3.8) is 0 Å². The summed E-state index contributed by atoms with van der Waals surface area (Å²) in [4.78, 5) is 16.7. The number of fused-ring (bicyclic) bond motifs is 2. The number of allylic oxidation sites excluding steroid dienone is 6. The van der Waals surface area contributed by atoms with E-state index in [9.17, 15) is 56.7 Å². The van der Waals surface area contributed by atoms with Gasteiger partial charge in [0.2, 0.25) is 11.6 Å². The van der Waals surface area contributed by atoms with E-state index in [4.69, 9.17) is 52.9 Å². The van der Waals surface area contributed by atoms with Gasteiger partial charge in [0.25, 0.3) is 40.5 Å². The van der Waals surface area contributed by atoms with Crippen LogP contribution in [-0.4, -0.2) is 238 Å². The second-order valence-corrected chi connectivity index (χ2v) is 27.2. The molecule has 33 heteroatoms. The van der Waals surface area contributed by atoms with Gasteiger partial charge in [0.15, 0.2) is 5.71 Å². The van der Waals surface area contributed by atoms with Crippen LogP contribution in [0.3, 0.4) is 0 Å². The van der Waals surface area contributed by atoms with Gasteiger partial charge in [-0.3, -0.25) is 23.0 Å². The first-order chi connectivity index (χ1) is 42.8. The van der Waals surface area contributed by atoms with Crippen molar-refractivity contribution in [2.45, 2.75) is 79.9 Å². The van der Waals surface area contributed by atoms with E-state index in [0.29, 0.717) is 185 Å². The second kappa shape index (κ2) is 40.3. The number of rotatable bonds is 51. The summed E-state index contributed by atoms with van der Waals surface area (Å²) in [5.41, 5.74) is 9.79. The predicted octanol–water partition coefficient (Wildman–Crippen LogP) is 5.04. The van der Waals surface area contributed by atoms with E-state index < -0.39 is 62.8 Å². The predicted molar refractivity (Wildman–Crippen MR) is 332 cm³/mol. The first-order valence-electron chi connectivity index (χ1n) is 29.5. The third kappa shape index (κ3) is 29.0. The topological polar surface area (TPSA) is 394 Å². The largest absolute Gasteiger partial charge is 0.379 e. The van der Waals surface area contributed by atoms with Gasteiger partial charge < -0.3 is 57.6 Å². The van der Waals surface area contributed by atoms with Crippen molar-refractivity contribution in [2.24, 2.45) is 5.11 Å². The van der Waals surface area contributed by atoms with Crippen molar-refractivity contribution in [1.29, 1.82) is 0 Å². The number of benzene rings is 2. The highest BCUT2D eigenvalue weighted by Gasteiger charge is 2.46. The SMILES string of the molecule is CC1(C)C(/C=C/C=C/C=C2/N(CCCS(=O)(=O)O)c3ccc(S(=O)(=O)O)cc3C2(C)CCCCC(=O)NCCOCCOCCOCCOCCOCCOCCOCCOCCOCCOCCN=[N+]=[N-])=[N+](CCCS(=O)(=O)O)c2ccc(S(=O)(=O)O)cc21. The van der Waals surface area contributed by atoms with Gasteiger partial charge in [0, 0.05) is 71.9 Å². The molecule has 2 aliphatic rings. The quantitative estimate of drug-likeness (QED) is 0.0110. The fourth-order valence-electron chi connectivity index (χ4n) is 9.77. The van der Waals surface area contributed by atoms with Gasteiger partial charge in [-0.1, -0.05) is 29.8 Å². The standard InChI is InChI=1S/C57H88N6O23S4/c1-56(2)49-45-47(89(71,72)73)14-16-51(49)62(21-9-43-87(65,66)67)53(56)11-5-4-6-12-54-57(3,50-46-48(90(74,75)76)15-17-52(50)63(54)22-10-44-88(68,69)70)18-8-7-13-55(64)59-19-23-77-25-27-79-29-31-81-33-35-83-37-39-85-41-42-86-40-38-84-36-34-82-32-30-80-28-26-78-24-20-60-61-58/h4-6,11-12,14-17,45-46H,7-10,13,18-44H2,1-3H3,(H4-,59,64,65,66,67,68,69,70,71,72,73,74,75,76)/p+1. The average Bonchev–Trinajstić information content (AvgIpc) is 1.60. The van der Waals surface area contributed by atoms with Crippen molar-refractivity contribution in [3.05, 3.63) is 94.0 Å². The van der Waals surface area contributed by atoms with Crippen molar-refractivity contribution < 1.29 is 109 Å². The van der Waals surface area contributed by atoms with Crippen LogP contribution < -0.4 is 10.2 Å². The highest BCUT2D eigenvalue weighted by atomic mass is 32.2. The number of carbonyl (C=O) groups excluding carboxylic acids is 1. The average molecular weight is 1350 g/mol. The van der Waals surface area contributed by atoms with Gasteiger partial charge in [-0.15, -0.1) is 0 Å². The minimum Gasteiger partial charge on any atom is -0.379 e. The summed E-state index contributed by atoms with van der Waals surface area (Å²) in [6.07, 6.45) is 10.1. The first kappa shape index (κ1) is 77.6. The zero-order valence-corrected chi connectivity index (χ0v) is 54.7. The van der Waals surface area contributed by atoms with Gasteiger partial charge >= 0.3 is 0 Å². The smallest absolute Gasteiger partial charge is 0.294 e. The molecular weight excluding hydrogens is 1260 g/mol. The van der Waals surface area contributed by atoms with Gasteiger partial charge in [-0.2, -0.15) is 38.2 Å². The molecule has 508 valence electrons. The first-order valence-corrected chi connectivity index (χ1v) is 35.6. The molecule has 4 rings (SSSR count). The maximum atomic E-state index is 12.9. The van der Waals surface area contributed by atoms with Gasteiger partial charge in [-0.05, 0) is 87.5 Å². The third-order valence-corrected chi connectivity index (χ3v) is 17.4. The molecule has 29 nitrogen and oxygen atoms in total. The Morgan fingerprint density at radius 3 is 1.52 bits per heavy atom. The monoisotopic (exact) mass is 1350 g/mol. The van der Waals surface area contributed by atoms with E-state index in [0.717, 1.165) is 0 Å². The van der Waals surface area contributed by atoms with Crippen LogP contribution in [0.4, 0.5) is 11.4 Å². The molecule has 0 spiro atoms. The van der Waals surface area contributed by atoms with Gasteiger partial charge in [0.1, 0.15) is 6.54 Å². The lowest BCUT2D eigenvalue weighted by Crippen LogP contribution is -2.30. The maximum absolute atomic E-state index is 12.9. The van der Waals surface area contributed by atoms with Crippen LogP contribution in [0.5, 0.6) is 0 Å². The molecule has 2 aliphatic heterocycles. The molecule has 0 radical (unpaired) electrons. The summed E-state index contributed by atoms with van der Waals surface area (Å²) in [6, 6.07) is 8.23. The maximum Gasteiger partial charge on any atom is 0.294 e. The molecule has 1 unspecified atom stereocenters. The number of azide groups is 1. The molecule has 2 heterocycles. The molecule has 5 N–H and O–H groups in total. The number of unbranched alkanes of at least 4 members (excludes halogenated alkanes) is 1. The Bertz CT molecular complexity index is 3190. The molecule has 90 heavy (non-hydrogen) atoms. The molecule has 0 aromatic heterocycles. The summed E-state index contributed by atoms with van der Waals surface area (Å²) in [6.45, 7) is 14.3. The zero-order valence-electron chi connectivity index (χ0n) is 51.4. The summed E-state index contributed by atoms with van der Waals surface area (Å²) in [5.74, 6) is -1.30. The number of amides is 1. The Morgan fingerprint density at radius 2 is 1.04 bits per heavy atom. The Labute approximate surface area is 528 Å². The van der Waals surface area contributed by atoms with E-state index in [1.165, 1.54) is 36.4 Å². The number of hydrogen-bond donors (Lipinski definition) is 5. The molecule has 0 fully saturated rings. The molecule has 2 aromatic carbocycles. The lowest BCUT2D eigenvalue weighted by Gasteiger charge is -2.30. The van der Waals surface area contributed by atoms with Crippen LogP contribution in [0.1, 0.15) is 70.4 Å². The summed E-state index contributed by atoms with van der Waals surface area (Å²) >= 11 is 0. The van der Waals surface area contributed by atoms with E-state index in [-0.39, 0.29) is 61.2 Å². The van der Waals surface area contributed by atoms with Crippen molar-refractivity contribution in [3.8, 4) is 0 Å². The van der Waals surface area contributed by atoms with Crippen molar-refractivity contribution in [1.82, 2.24) is 5.32 Å². The fraction of sp³-hybridized carbons (Fsp3) is 0.649. The number of nitrogens with one attached hydrogen (secondary N) is 1. The van der Waals surface area contributed by atoms with Crippen LogP contribution in [-0.2, 0) is 103 Å². The highest BCUT2D eigenvalue weighted by molar-refractivity contribution is 7.86. The summed E-state index contributed by atoms with van der Waals surface area (Å²) in [7, 11) is -17.9. The van der Waals surface area contributed by atoms with E-state index in [2.05, 4.69) is 15.3 Å². The van der Waals surface area contributed by atoms with E-state index >= 15 is 0 Å². The van der Waals surface area contributed by atoms with E-state index in [1.54, 1.807) is 35.0 Å². The Balaban J connectivity index is 1.15. The Morgan fingerprint density at radius 1 is 0.589 bits per heavy atom.